The van der Waals surface area contributed by atoms with E-state index in [0.29, 0.717) is 17.2 Å². The van der Waals surface area contributed by atoms with Crippen LogP contribution < -0.4 is 9.30 Å². The summed E-state index contributed by atoms with van der Waals surface area (Å²) in [4.78, 5) is 9.56. The minimum absolute atomic E-state index is 0. The van der Waals surface area contributed by atoms with Crippen LogP contribution in [-0.2, 0) is 37.3 Å². The van der Waals surface area contributed by atoms with E-state index in [1.165, 1.54) is 16.7 Å². The van der Waals surface area contributed by atoms with E-state index in [4.69, 9.17) is 9.72 Å². The van der Waals surface area contributed by atoms with Gasteiger partial charge in [0.2, 0.25) is 0 Å². The average Bonchev–Trinajstić information content (AvgIpc) is 3.76. The summed E-state index contributed by atoms with van der Waals surface area (Å²) in [5, 5.41) is 2.20. The largest absolute Gasteiger partial charge is 0.508 e. The molecule has 5 aromatic carbocycles. The van der Waals surface area contributed by atoms with Crippen LogP contribution in [0.1, 0.15) is 79.0 Å². The third kappa shape index (κ3) is 7.58. The molecular weight excluding hydrogens is 918 g/mol. The Kier molecular flexibility index (Phi) is 10.4. The molecule has 6 nitrogen and oxygen atoms in total. The van der Waals surface area contributed by atoms with Gasteiger partial charge in [-0.2, -0.15) is 6.07 Å². The number of hydrogen-bond acceptors (Lipinski definition) is 3. The molecule has 60 heavy (non-hydrogen) atoms. The van der Waals surface area contributed by atoms with Crippen molar-refractivity contribution in [1.82, 2.24) is 19.1 Å². The Morgan fingerprint density at radius 3 is 2.02 bits per heavy atom. The van der Waals surface area contributed by atoms with Crippen LogP contribution in [0.2, 0.25) is 0 Å². The van der Waals surface area contributed by atoms with E-state index in [2.05, 4.69) is 204 Å². The van der Waals surface area contributed by atoms with E-state index < -0.39 is 0 Å². The third-order valence-electron chi connectivity index (χ3n) is 11.2. The summed E-state index contributed by atoms with van der Waals surface area (Å²) in [7, 11) is 0. The van der Waals surface area contributed by atoms with E-state index in [-0.39, 0.29) is 37.3 Å². The number of fused-ring (bicyclic) bond motifs is 4. The summed E-state index contributed by atoms with van der Waals surface area (Å²) in [6, 6.07) is 47.8. The third-order valence-corrected chi connectivity index (χ3v) is 11.2. The summed E-state index contributed by atoms with van der Waals surface area (Å²) in [5.41, 5.74) is 11.7. The summed E-state index contributed by atoms with van der Waals surface area (Å²) < 4.78 is 13.0. The van der Waals surface area contributed by atoms with Gasteiger partial charge in [-0.15, -0.1) is 23.6 Å². The topological polar surface area (TPSA) is 48.8 Å². The maximum Gasteiger partial charge on any atom is 0.268 e. The predicted octanol–water partition coefficient (Wildman–Crippen LogP) is 12.5. The minimum atomic E-state index is -0.0505. The fourth-order valence-corrected chi connectivity index (χ4v) is 7.82. The van der Waals surface area contributed by atoms with Gasteiger partial charge >= 0.3 is 0 Å². The summed E-state index contributed by atoms with van der Waals surface area (Å²) in [5.74, 6) is 1.86. The number of benzene rings is 5. The molecule has 9 rings (SSSR count). The molecule has 0 atom stereocenters. The van der Waals surface area contributed by atoms with E-state index in [0.717, 1.165) is 55.5 Å². The number of para-hydroxylation sites is 2. The zero-order valence-corrected chi connectivity index (χ0v) is 37.9. The Morgan fingerprint density at radius 2 is 1.30 bits per heavy atom. The van der Waals surface area contributed by atoms with Gasteiger partial charge in [-0.1, -0.05) is 147 Å². The number of aromatic nitrogens is 5. The summed E-state index contributed by atoms with van der Waals surface area (Å²) in [6.07, 6.45) is 9.06. The van der Waals surface area contributed by atoms with Crippen LogP contribution in [0, 0.1) is 18.5 Å². The van der Waals surface area contributed by atoms with Gasteiger partial charge in [-0.25, -0.2) is 4.98 Å². The molecule has 0 N–H and O–H groups in total. The van der Waals surface area contributed by atoms with Crippen molar-refractivity contribution >= 4 is 32.8 Å². The van der Waals surface area contributed by atoms with Gasteiger partial charge in [0.15, 0.2) is 0 Å². The van der Waals surface area contributed by atoms with Crippen LogP contribution in [0.15, 0.2) is 134 Å². The van der Waals surface area contributed by atoms with Crippen molar-refractivity contribution in [3.05, 3.63) is 169 Å². The van der Waals surface area contributed by atoms with E-state index in [1.807, 2.05) is 16.8 Å². The van der Waals surface area contributed by atoms with Crippen molar-refractivity contribution in [2.45, 2.75) is 78.6 Å². The first-order valence-electron chi connectivity index (χ1n) is 20.3. The maximum atomic E-state index is 6.60. The second-order valence-electron chi connectivity index (χ2n) is 18.6. The molecule has 0 saturated carbocycles. The molecule has 0 unspecified atom stereocenters. The maximum absolute atomic E-state index is 6.60. The van der Waals surface area contributed by atoms with Crippen LogP contribution in [0.3, 0.4) is 0 Å². The van der Waals surface area contributed by atoms with Gasteiger partial charge in [0.1, 0.15) is 5.82 Å². The van der Waals surface area contributed by atoms with Gasteiger partial charge in [-0.05, 0) is 91.7 Å². The molecule has 0 aliphatic carbocycles. The molecule has 0 spiro atoms. The zero-order chi connectivity index (χ0) is 41.3. The van der Waals surface area contributed by atoms with Crippen molar-refractivity contribution in [3.8, 4) is 39.8 Å². The average molecular weight is 967 g/mol. The quantitative estimate of drug-likeness (QED) is 0.123. The number of nitrogens with zero attached hydrogens (tertiary/aromatic N) is 5. The second-order valence-corrected chi connectivity index (χ2v) is 18.6. The summed E-state index contributed by atoms with van der Waals surface area (Å²) in [6.45, 7) is 20.3. The molecular formula is C53H49N5OPt-2. The van der Waals surface area contributed by atoms with Crippen LogP contribution >= 0.6 is 0 Å². The molecule has 7 heteroatoms. The zero-order valence-electron chi connectivity index (χ0n) is 35.7. The molecule has 0 fully saturated rings. The van der Waals surface area contributed by atoms with Gasteiger partial charge < -0.3 is 18.9 Å². The van der Waals surface area contributed by atoms with Crippen molar-refractivity contribution in [2.24, 2.45) is 0 Å². The molecule has 9 aromatic rings. The fourth-order valence-electron chi connectivity index (χ4n) is 7.82. The van der Waals surface area contributed by atoms with Crippen LogP contribution in [-0.4, -0.2) is 19.1 Å². The second kappa shape index (κ2) is 15.3. The van der Waals surface area contributed by atoms with Crippen molar-refractivity contribution in [3.63, 3.8) is 0 Å². The number of rotatable bonds is 6. The molecule has 0 amide bonds. The molecule has 4 aromatic heterocycles. The Morgan fingerprint density at radius 1 is 0.617 bits per heavy atom. The first-order chi connectivity index (χ1) is 28.1. The Hall–Kier alpha value is -5.84. The number of hydrogen-bond donors (Lipinski definition) is 0. The van der Waals surface area contributed by atoms with E-state index >= 15 is 0 Å². The standard InChI is InChI=1S/C53H49N5O.Pt/c1-51(2,3)36-24-25-55-49(29-36)58-47-21-15-18-43(35-16-11-10-12-17-35)50(47)44-23-22-41(31-48(44)58)59-42-30-40(32-54-33-42)57-34-56(45-19-13-14-20-46(45)57)39-27-37(52(4,5)6)26-38(28-39)53(7,8)9;/h10-29,32-33H,1-9H3;/q-2;. The molecule has 0 radical (unpaired) electrons. The van der Waals surface area contributed by atoms with Gasteiger partial charge in [0.25, 0.3) is 6.33 Å². The smallest absolute Gasteiger partial charge is 0.268 e. The molecule has 0 aliphatic heterocycles. The van der Waals surface area contributed by atoms with Crippen molar-refractivity contribution in [1.29, 1.82) is 0 Å². The van der Waals surface area contributed by atoms with Crippen LogP contribution in [0.5, 0.6) is 11.5 Å². The normalized spacial score (nSPS) is 12.3. The molecule has 0 aliphatic rings. The number of ether oxygens (including phenoxy) is 1. The van der Waals surface area contributed by atoms with Crippen LogP contribution in [0.25, 0.3) is 61.2 Å². The predicted molar refractivity (Wildman–Crippen MR) is 239 cm³/mol. The minimum Gasteiger partial charge on any atom is -0.508 e. The van der Waals surface area contributed by atoms with E-state index in [9.17, 15) is 0 Å². The first-order valence-corrected chi connectivity index (χ1v) is 20.3. The molecule has 304 valence electrons. The Balaban J connectivity index is 0.00000499. The Labute approximate surface area is 367 Å². The van der Waals surface area contributed by atoms with E-state index in [1.54, 1.807) is 12.4 Å². The summed E-state index contributed by atoms with van der Waals surface area (Å²) >= 11 is 0. The SMILES string of the molecule is CC(C)(C)c1cc(-[n+]2[c-]n(-c3[c-]c(Oc4[c-]c5c(cc4)c4c(-c6ccccc6)cccc4n5-c4cc(C(C)(C)C)ccn4)cnc3)c3ccccc32)cc(C(C)(C)C)c1.[Pt]. The first kappa shape index (κ1) is 40.9. The van der Waals surface area contributed by atoms with Gasteiger partial charge in [-0.3, -0.25) is 4.57 Å². The molecule has 0 bridgehead atoms. The molecule has 0 saturated heterocycles. The monoisotopic (exact) mass is 966 g/mol. The number of imidazole rings is 1. The Bertz CT molecular complexity index is 3000. The van der Waals surface area contributed by atoms with Crippen molar-refractivity contribution in [2.75, 3.05) is 0 Å². The van der Waals surface area contributed by atoms with Gasteiger partial charge in [0, 0.05) is 44.3 Å². The number of pyridine rings is 2. The van der Waals surface area contributed by atoms with Gasteiger partial charge in [0.05, 0.1) is 16.7 Å². The molecule has 4 heterocycles. The van der Waals surface area contributed by atoms with Crippen LogP contribution in [0.4, 0.5) is 0 Å². The fraction of sp³-hybridized carbons (Fsp3) is 0.226. The van der Waals surface area contributed by atoms with Crippen molar-refractivity contribution < 1.29 is 30.4 Å².